The van der Waals surface area contributed by atoms with Crippen LogP contribution in [-0.2, 0) is 11.3 Å². The van der Waals surface area contributed by atoms with Gasteiger partial charge in [-0.05, 0) is 19.1 Å². The Hall–Kier alpha value is -2.35. The Morgan fingerprint density at radius 3 is 2.70 bits per heavy atom. The number of rotatable bonds is 5. The SMILES string of the molecule is CC(NC(=O)NCc1ccc(Cl)cc1[N+](=O)[O-])C(=O)O. The van der Waals surface area contributed by atoms with E-state index in [2.05, 4.69) is 10.6 Å². The van der Waals surface area contributed by atoms with Crippen molar-refractivity contribution in [1.29, 1.82) is 0 Å². The Labute approximate surface area is 118 Å². The molecule has 3 N–H and O–H groups in total. The van der Waals surface area contributed by atoms with Gasteiger partial charge in [0, 0.05) is 16.7 Å². The second kappa shape index (κ2) is 6.71. The van der Waals surface area contributed by atoms with Crippen LogP contribution >= 0.6 is 11.6 Å². The first-order valence-corrected chi connectivity index (χ1v) is 5.89. The summed E-state index contributed by atoms with van der Waals surface area (Å²) in [6.07, 6.45) is 0. The maximum atomic E-state index is 11.4. The van der Waals surface area contributed by atoms with E-state index in [0.717, 1.165) is 0 Å². The third-order valence-electron chi connectivity index (χ3n) is 2.40. The molecule has 1 aromatic carbocycles. The first-order valence-electron chi connectivity index (χ1n) is 5.51. The van der Waals surface area contributed by atoms with E-state index in [4.69, 9.17) is 16.7 Å². The third kappa shape index (κ3) is 4.39. The van der Waals surface area contributed by atoms with Crippen molar-refractivity contribution >= 4 is 29.3 Å². The van der Waals surface area contributed by atoms with Gasteiger partial charge in [-0.15, -0.1) is 0 Å². The minimum atomic E-state index is -1.18. The number of carbonyl (C=O) groups is 2. The van der Waals surface area contributed by atoms with Crippen LogP contribution in [0, 0.1) is 10.1 Å². The molecular weight excluding hydrogens is 290 g/mol. The smallest absolute Gasteiger partial charge is 0.325 e. The monoisotopic (exact) mass is 301 g/mol. The summed E-state index contributed by atoms with van der Waals surface area (Å²) >= 11 is 5.66. The average Bonchev–Trinajstić information content (AvgIpc) is 2.36. The van der Waals surface area contributed by atoms with Gasteiger partial charge in [0.2, 0.25) is 0 Å². The van der Waals surface area contributed by atoms with Crippen molar-refractivity contribution < 1.29 is 19.6 Å². The zero-order valence-electron chi connectivity index (χ0n) is 10.4. The highest BCUT2D eigenvalue weighted by Gasteiger charge is 2.17. The number of carbonyl (C=O) groups excluding carboxylic acids is 1. The van der Waals surface area contributed by atoms with Crippen LogP contribution in [0.15, 0.2) is 18.2 Å². The van der Waals surface area contributed by atoms with Crippen LogP contribution in [0.3, 0.4) is 0 Å². The zero-order chi connectivity index (χ0) is 15.3. The lowest BCUT2D eigenvalue weighted by atomic mass is 10.2. The number of amides is 2. The topological polar surface area (TPSA) is 122 Å². The summed E-state index contributed by atoms with van der Waals surface area (Å²) in [6.45, 7) is 1.18. The molecule has 0 aromatic heterocycles. The normalized spacial score (nSPS) is 11.5. The Morgan fingerprint density at radius 1 is 1.50 bits per heavy atom. The minimum Gasteiger partial charge on any atom is -0.480 e. The van der Waals surface area contributed by atoms with E-state index < -0.39 is 23.0 Å². The molecule has 0 bridgehead atoms. The summed E-state index contributed by atoms with van der Waals surface area (Å²) in [5, 5.41) is 24.2. The Balaban J connectivity index is 2.68. The molecule has 8 nitrogen and oxygen atoms in total. The number of hydrogen-bond acceptors (Lipinski definition) is 4. The van der Waals surface area contributed by atoms with E-state index in [1.807, 2.05) is 0 Å². The van der Waals surface area contributed by atoms with E-state index in [1.54, 1.807) is 0 Å². The minimum absolute atomic E-state index is 0.119. The molecule has 2 amide bonds. The highest BCUT2D eigenvalue weighted by molar-refractivity contribution is 6.30. The van der Waals surface area contributed by atoms with Crippen LogP contribution in [-0.4, -0.2) is 28.1 Å². The summed E-state index contributed by atoms with van der Waals surface area (Å²) in [4.78, 5) is 32.2. The molecular formula is C11H12ClN3O5. The quantitative estimate of drug-likeness (QED) is 0.562. The molecule has 1 aromatic rings. The largest absolute Gasteiger partial charge is 0.480 e. The molecule has 0 saturated heterocycles. The van der Waals surface area contributed by atoms with Crippen molar-refractivity contribution in [3.63, 3.8) is 0 Å². The van der Waals surface area contributed by atoms with Crippen LogP contribution in [0.2, 0.25) is 5.02 Å². The number of nitro benzene ring substituents is 1. The number of hydrogen-bond donors (Lipinski definition) is 3. The number of nitrogens with one attached hydrogen (secondary N) is 2. The predicted octanol–water partition coefficient (Wildman–Crippen LogP) is 1.52. The fraction of sp³-hybridized carbons (Fsp3) is 0.273. The van der Waals surface area contributed by atoms with E-state index in [-0.39, 0.29) is 22.8 Å². The molecule has 1 unspecified atom stereocenters. The van der Waals surface area contributed by atoms with Gasteiger partial charge in [-0.3, -0.25) is 14.9 Å². The van der Waals surface area contributed by atoms with Gasteiger partial charge in [0.05, 0.1) is 11.5 Å². The van der Waals surface area contributed by atoms with Crippen LogP contribution in [0.4, 0.5) is 10.5 Å². The molecule has 1 atom stereocenters. The van der Waals surface area contributed by atoms with Crippen molar-refractivity contribution in [3.05, 3.63) is 38.9 Å². The zero-order valence-corrected chi connectivity index (χ0v) is 11.2. The third-order valence-corrected chi connectivity index (χ3v) is 2.64. The fourth-order valence-corrected chi connectivity index (χ4v) is 1.51. The molecule has 0 saturated carbocycles. The molecule has 20 heavy (non-hydrogen) atoms. The molecule has 0 aliphatic carbocycles. The molecule has 0 radical (unpaired) electrons. The van der Waals surface area contributed by atoms with Gasteiger partial charge >= 0.3 is 12.0 Å². The maximum Gasteiger partial charge on any atom is 0.325 e. The van der Waals surface area contributed by atoms with Gasteiger partial charge < -0.3 is 15.7 Å². The molecule has 0 spiro atoms. The van der Waals surface area contributed by atoms with Crippen molar-refractivity contribution in [3.8, 4) is 0 Å². The summed E-state index contributed by atoms with van der Waals surface area (Å²) in [5.74, 6) is -1.18. The van der Waals surface area contributed by atoms with Gasteiger partial charge in [0.25, 0.3) is 5.69 Å². The van der Waals surface area contributed by atoms with Gasteiger partial charge in [-0.1, -0.05) is 11.6 Å². The number of urea groups is 1. The van der Waals surface area contributed by atoms with Crippen LogP contribution in [0.25, 0.3) is 0 Å². The Bertz CT molecular complexity index is 549. The van der Waals surface area contributed by atoms with Crippen molar-refractivity contribution in [1.82, 2.24) is 10.6 Å². The van der Waals surface area contributed by atoms with E-state index in [0.29, 0.717) is 0 Å². The lowest BCUT2D eigenvalue weighted by Gasteiger charge is -2.11. The number of nitro groups is 1. The van der Waals surface area contributed by atoms with Crippen LogP contribution in [0.5, 0.6) is 0 Å². The Morgan fingerprint density at radius 2 is 2.15 bits per heavy atom. The standard InChI is InChI=1S/C11H12ClN3O5/c1-6(10(16)17)14-11(18)13-5-7-2-3-8(12)4-9(7)15(19)20/h2-4,6H,5H2,1H3,(H,16,17)(H2,13,14,18). The highest BCUT2D eigenvalue weighted by Crippen LogP contribution is 2.22. The molecule has 0 aliphatic rings. The lowest BCUT2D eigenvalue weighted by Crippen LogP contribution is -2.44. The van der Waals surface area contributed by atoms with Crippen LogP contribution in [0.1, 0.15) is 12.5 Å². The van der Waals surface area contributed by atoms with Crippen molar-refractivity contribution in [2.45, 2.75) is 19.5 Å². The van der Waals surface area contributed by atoms with Crippen molar-refractivity contribution in [2.24, 2.45) is 0 Å². The van der Waals surface area contributed by atoms with Crippen molar-refractivity contribution in [2.75, 3.05) is 0 Å². The summed E-state index contributed by atoms with van der Waals surface area (Å²) < 4.78 is 0. The molecule has 0 aliphatic heterocycles. The molecule has 1 rings (SSSR count). The summed E-state index contributed by atoms with van der Waals surface area (Å²) in [7, 11) is 0. The second-order valence-corrected chi connectivity index (χ2v) is 4.35. The average molecular weight is 302 g/mol. The number of aliphatic carboxylic acids is 1. The van der Waals surface area contributed by atoms with Gasteiger partial charge in [0.15, 0.2) is 0 Å². The van der Waals surface area contributed by atoms with Gasteiger partial charge in [-0.2, -0.15) is 0 Å². The second-order valence-electron chi connectivity index (χ2n) is 3.92. The summed E-state index contributed by atoms with van der Waals surface area (Å²) in [6, 6.07) is 2.26. The van der Waals surface area contributed by atoms with Gasteiger partial charge in [-0.25, -0.2) is 4.79 Å². The Kier molecular flexibility index (Phi) is 5.27. The fourth-order valence-electron chi connectivity index (χ4n) is 1.34. The number of carboxylic acids is 1. The number of benzene rings is 1. The highest BCUT2D eigenvalue weighted by atomic mass is 35.5. The molecule has 0 heterocycles. The first kappa shape index (κ1) is 15.7. The number of nitrogens with zero attached hydrogens (tertiary/aromatic N) is 1. The molecule has 0 fully saturated rings. The molecule has 9 heteroatoms. The van der Waals surface area contributed by atoms with E-state index in [9.17, 15) is 19.7 Å². The molecule has 108 valence electrons. The van der Waals surface area contributed by atoms with E-state index in [1.165, 1.54) is 25.1 Å². The first-order chi connectivity index (χ1) is 9.31. The maximum absolute atomic E-state index is 11.4. The van der Waals surface area contributed by atoms with Crippen LogP contribution < -0.4 is 10.6 Å². The predicted molar refractivity (Wildman–Crippen MR) is 70.6 cm³/mol. The number of carboxylic acid groups (broad SMARTS) is 1. The van der Waals surface area contributed by atoms with Gasteiger partial charge in [0.1, 0.15) is 6.04 Å². The number of halogens is 1. The summed E-state index contributed by atoms with van der Waals surface area (Å²) in [5.41, 5.74) is 0.0432. The lowest BCUT2D eigenvalue weighted by molar-refractivity contribution is -0.385. The van der Waals surface area contributed by atoms with E-state index >= 15 is 0 Å².